The topological polar surface area (TPSA) is 35.5 Å². The van der Waals surface area contributed by atoms with Crippen LogP contribution in [-0.2, 0) is 11.2 Å². The molecule has 0 aliphatic carbocycles. The van der Waals surface area contributed by atoms with E-state index in [0.29, 0.717) is 12.8 Å². The number of benzene rings is 1. The van der Waals surface area contributed by atoms with Gasteiger partial charge in [-0.1, -0.05) is 20.8 Å². The third-order valence-electron chi connectivity index (χ3n) is 2.89. The van der Waals surface area contributed by atoms with Crippen LogP contribution in [0.3, 0.4) is 0 Å². The molecule has 1 aromatic rings. The smallest absolute Gasteiger partial charge is 0.138 e. The fraction of sp³-hybridized carbons (Fsp3) is 0.533. The van der Waals surface area contributed by atoms with Crippen molar-refractivity contribution in [3.63, 3.8) is 0 Å². The highest BCUT2D eigenvalue weighted by atomic mass is 16.5. The van der Waals surface area contributed by atoms with Crippen molar-refractivity contribution in [1.29, 1.82) is 0 Å². The maximum atomic E-state index is 11.9. The Kier molecular flexibility index (Phi) is 4.76. The van der Waals surface area contributed by atoms with Gasteiger partial charge < -0.3 is 9.47 Å². The molecule has 1 rings (SSSR count). The van der Waals surface area contributed by atoms with Gasteiger partial charge in [0.2, 0.25) is 0 Å². The molecule has 0 radical (unpaired) electrons. The fourth-order valence-corrected chi connectivity index (χ4v) is 1.64. The summed E-state index contributed by atoms with van der Waals surface area (Å²) in [5.41, 5.74) is 0.784. The highest BCUT2D eigenvalue weighted by molar-refractivity contribution is 5.83. The first-order valence-corrected chi connectivity index (χ1v) is 6.12. The summed E-state index contributed by atoms with van der Waals surface area (Å²) >= 11 is 0. The molecule has 0 fully saturated rings. The molecule has 3 heteroatoms. The molecule has 0 aliphatic rings. The summed E-state index contributed by atoms with van der Waals surface area (Å²) in [5.74, 6) is 1.78. The molecule has 100 valence electrons. The van der Waals surface area contributed by atoms with Crippen LogP contribution in [0.1, 0.15) is 32.8 Å². The van der Waals surface area contributed by atoms with Crippen LogP contribution in [0, 0.1) is 5.41 Å². The molecule has 0 bridgehead atoms. The maximum absolute atomic E-state index is 11.9. The second kappa shape index (κ2) is 5.89. The number of aryl methyl sites for hydroxylation is 1. The molecular formula is C15H22O3. The minimum Gasteiger partial charge on any atom is -0.497 e. The lowest BCUT2D eigenvalue weighted by atomic mass is 9.87. The Hall–Kier alpha value is -1.51. The number of Topliss-reactive ketones (excluding diaryl/α,β-unsaturated/α-hetero) is 1. The molecule has 0 saturated carbocycles. The van der Waals surface area contributed by atoms with Crippen LogP contribution >= 0.6 is 0 Å². The van der Waals surface area contributed by atoms with Crippen LogP contribution < -0.4 is 9.47 Å². The molecule has 0 unspecified atom stereocenters. The largest absolute Gasteiger partial charge is 0.497 e. The van der Waals surface area contributed by atoms with Crippen molar-refractivity contribution in [2.75, 3.05) is 14.2 Å². The second-order valence-electron chi connectivity index (χ2n) is 5.39. The average Bonchev–Trinajstić information content (AvgIpc) is 2.34. The Bertz CT molecular complexity index is 394. The molecule has 0 saturated heterocycles. The van der Waals surface area contributed by atoms with Crippen LogP contribution in [0.15, 0.2) is 18.2 Å². The van der Waals surface area contributed by atoms with Crippen LogP contribution in [0.2, 0.25) is 0 Å². The third kappa shape index (κ3) is 4.06. The highest BCUT2D eigenvalue weighted by Gasteiger charge is 2.20. The van der Waals surface area contributed by atoms with Gasteiger partial charge in [-0.15, -0.1) is 0 Å². The zero-order chi connectivity index (χ0) is 13.8. The molecule has 0 atom stereocenters. The number of carbonyl (C=O) groups excluding carboxylic acids is 1. The highest BCUT2D eigenvalue weighted by Crippen LogP contribution is 2.24. The van der Waals surface area contributed by atoms with Crippen molar-refractivity contribution in [1.82, 2.24) is 0 Å². The minimum atomic E-state index is -0.275. The van der Waals surface area contributed by atoms with E-state index < -0.39 is 0 Å². The fourth-order valence-electron chi connectivity index (χ4n) is 1.64. The van der Waals surface area contributed by atoms with E-state index in [1.54, 1.807) is 14.2 Å². The lowest BCUT2D eigenvalue weighted by Crippen LogP contribution is -2.20. The molecule has 1 aromatic carbocycles. The first kappa shape index (κ1) is 14.6. The summed E-state index contributed by atoms with van der Waals surface area (Å²) in [6, 6.07) is 5.71. The first-order chi connectivity index (χ1) is 8.36. The minimum absolute atomic E-state index is 0.268. The predicted molar refractivity (Wildman–Crippen MR) is 72.3 cm³/mol. The van der Waals surface area contributed by atoms with Crippen LogP contribution in [0.25, 0.3) is 0 Å². The number of ketones is 1. The van der Waals surface area contributed by atoms with Crippen molar-refractivity contribution in [2.45, 2.75) is 33.6 Å². The predicted octanol–water partition coefficient (Wildman–Crippen LogP) is 3.25. The standard InChI is InChI=1S/C15H22O3/c1-15(2,3)14(16)7-6-11-8-12(17-4)10-13(9-11)18-5/h8-10H,6-7H2,1-5H3. The summed E-state index contributed by atoms with van der Waals surface area (Å²) in [6.45, 7) is 5.84. The number of rotatable bonds is 5. The van der Waals surface area contributed by atoms with E-state index in [0.717, 1.165) is 17.1 Å². The Morgan fingerprint density at radius 2 is 1.56 bits per heavy atom. The number of hydrogen-bond donors (Lipinski definition) is 0. The molecule has 3 nitrogen and oxygen atoms in total. The lowest BCUT2D eigenvalue weighted by molar-refractivity contribution is -0.126. The molecule has 0 N–H and O–H groups in total. The monoisotopic (exact) mass is 250 g/mol. The lowest BCUT2D eigenvalue weighted by Gasteiger charge is -2.16. The molecule has 0 aromatic heterocycles. The Morgan fingerprint density at radius 1 is 1.06 bits per heavy atom. The molecule has 0 aliphatic heterocycles. The van der Waals surface area contributed by atoms with Crippen molar-refractivity contribution in [3.05, 3.63) is 23.8 Å². The van der Waals surface area contributed by atoms with Crippen molar-refractivity contribution in [2.24, 2.45) is 5.41 Å². The zero-order valence-corrected chi connectivity index (χ0v) is 11.9. The van der Waals surface area contributed by atoms with E-state index in [9.17, 15) is 4.79 Å². The van der Waals surface area contributed by atoms with Gasteiger partial charge in [-0.2, -0.15) is 0 Å². The first-order valence-electron chi connectivity index (χ1n) is 6.12. The normalized spacial score (nSPS) is 11.2. The van der Waals surface area contributed by atoms with Crippen molar-refractivity contribution in [3.8, 4) is 11.5 Å². The maximum Gasteiger partial charge on any atom is 0.138 e. The Balaban J connectivity index is 2.76. The number of ether oxygens (including phenoxy) is 2. The van der Waals surface area contributed by atoms with Gasteiger partial charge in [-0.05, 0) is 24.1 Å². The summed E-state index contributed by atoms with van der Waals surface area (Å²) < 4.78 is 10.4. The van der Waals surface area contributed by atoms with E-state index in [1.807, 2.05) is 39.0 Å². The Morgan fingerprint density at radius 3 is 1.94 bits per heavy atom. The number of hydrogen-bond acceptors (Lipinski definition) is 3. The van der Waals surface area contributed by atoms with Gasteiger partial charge in [0.15, 0.2) is 0 Å². The van der Waals surface area contributed by atoms with E-state index in [4.69, 9.17) is 9.47 Å². The SMILES string of the molecule is COc1cc(CCC(=O)C(C)(C)C)cc(OC)c1. The van der Waals surface area contributed by atoms with Crippen LogP contribution in [0.4, 0.5) is 0 Å². The van der Waals surface area contributed by atoms with Gasteiger partial charge in [0.1, 0.15) is 17.3 Å². The van der Waals surface area contributed by atoms with E-state index in [-0.39, 0.29) is 11.2 Å². The average molecular weight is 250 g/mol. The van der Waals surface area contributed by atoms with Gasteiger partial charge in [-0.25, -0.2) is 0 Å². The van der Waals surface area contributed by atoms with Gasteiger partial charge >= 0.3 is 0 Å². The van der Waals surface area contributed by atoms with Gasteiger partial charge in [0.05, 0.1) is 14.2 Å². The van der Waals surface area contributed by atoms with Gasteiger partial charge in [-0.3, -0.25) is 4.79 Å². The summed E-state index contributed by atoms with van der Waals surface area (Å²) in [5, 5.41) is 0. The molecular weight excluding hydrogens is 228 g/mol. The van der Waals surface area contributed by atoms with Crippen LogP contribution in [0.5, 0.6) is 11.5 Å². The molecule has 18 heavy (non-hydrogen) atoms. The van der Waals surface area contributed by atoms with Crippen LogP contribution in [-0.4, -0.2) is 20.0 Å². The van der Waals surface area contributed by atoms with E-state index in [2.05, 4.69) is 0 Å². The summed E-state index contributed by atoms with van der Waals surface area (Å²) in [6.07, 6.45) is 1.25. The third-order valence-corrected chi connectivity index (χ3v) is 2.89. The molecule has 0 heterocycles. The second-order valence-corrected chi connectivity index (χ2v) is 5.39. The number of methoxy groups -OCH3 is 2. The summed E-state index contributed by atoms with van der Waals surface area (Å²) in [7, 11) is 3.25. The van der Waals surface area contributed by atoms with E-state index in [1.165, 1.54) is 0 Å². The van der Waals surface area contributed by atoms with Crippen molar-refractivity contribution >= 4 is 5.78 Å². The van der Waals surface area contributed by atoms with Gasteiger partial charge in [0, 0.05) is 17.9 Å². The summed E-state index contributed by atoms with van der Waals surface area (Å²) in [4.78, 5) is 11.9. The Labute approximate surface area is 109 Å². The zero-order valence-electron chi connectivity index (χ0n) is 11.9. The molecule has 0 spiro atoms. The van der Waals surface area contributed by atoms with Gasteiger partial charge in [0.25, 0.3) is 0 Å². The quantitative estimate of drug-likeness (QED) is 0.804. The van der Waals surface area contributed by atoms with Crippen molar-refractivity contribution < 1.29 is 14.3 Å². The number of carbonyl (C=O) groups is 1. The molecule has 0 amide bonds. The van der Waals surface area contributed by atoms with E-state index >= 15 is 0 Å².